The van der Waals surface area contributed by atoms with Crippen LogP contribution in [0.5, 0.6) is 0 Å². The molecule has 1 atom stereocenters. The van der Waals surface area contributed by atoms with Crippen LogP contribution in [-0.4, -0.2) is 46.8 Å². The molecule has 1 aromatic carbocycles. The third-order valence-electron chi connectivity index (χ3n) is 6.85. The highest BCUT2D eigenvalue weighted by Crippen LogP contribution is 2.60. The summed E-state index contributed by atoms with van der Waals surface area (Å²) in [5.41, 5.74) is 0.970. The number of halogens is 2. The van der Waals surface area contributed by atoms with Crippen molar-refractivity contribution in [3.63, 3.8) is 0 Å². The van der Waals surface area contributed by atoms with Gasteiger partial charge in [-0.05, 0) is 61.4 Å². The lowest BCUT2D eigenvalue weighted by atomic mass is 9.91. The highest BCUT2D eigenvalue weighted by atomic mass is 19.2. The number of hydrogen-bond donors (Lipinski definition) is 1. The zero-order valence-electron chi connectivity index (χ0n) is 19.7. The number of nitrogens with zero attached hydrogens (tertiary/aromatic N) is 4. The van der Waals surface area contributed by atoms with Crippen LogP contribution >= 0.6 is 0 Å². The Morgan fingerprint density at radius 1 is 1.17 bits per heavy atom. The van der Waals surface area contributed by atoms with Crippen LogP contribution < -0.4 is 10.2 Å². The number of hydrogen-bond acceptors (Lipinski definition) is 8. The van der Waals surface area contributed by atoms with Gasteiger partial charge < -0.3 is 19.4 Å². The van der Waals surface area contributed by atoms with Gasteiger partial charge in [0.1, 0.15) is 5.82 Å². The van der Waals surface area contributed by atoms with Crippen LogP contribution in [0.1, 0.15) is 48.3 Å². The summed E-state index contributed by atoms with van der Waals surface area (Å²) in [6.45, 7) is 3.84. The van der Waals surface area contributed by atoms with Crippen LogP contribution in [0, 0.1) is 23.0 Å². The van der Waals surface area contributed by atoms with Gasteiger partial charge in [0.05, 0.1) is 30.8 Å². The van der Waals surface area contributed by atoms with Gasteiger partial charge >= 0.3 is 17.8 Å². The number of nitrogens with one attached hydrogen (secondary N) is 1. The SMILES string of the molecule is CCOC(=O)C1CC12CCN(c1ccc(NC(=O)c3nnc(Cc4ccc(F)c(F)c4)o3)cn1)CC2. The minimum atomic E-state index is -0.974. The summed E-state index contributed by atoms with van der Waals surface area (Å²) in [5, 5.41) is 10.2. The van der Waals surface area contributed by atoms with Crippen molar-refractivity contribution in [2.75, 3.05) is 29.9 Å². The molecule has 11 heteroatoms. The Balaban J connectivity index is 1.14. The summed E-state index contributed by atoms with van der Waals surface area (Å²) < 4.78 is 37.0. The van der Waals surface area contributed by atoms with E-state index in [1.807, 2.05) is 13.0 Å². The minimum absolute atomic E-state index is 0.0206. The number of anilines is 2. The fourth-order valence-electron chi connectivity index (χ4n) is 4.73. The maximum Gasteiger partial charge on any atom is 0.313 e. The van der Waals surface area contributed by atoms with Gasteiger partial charge in [-0.15, -0.1) is 10.2 Å². The van der Waals surface area contributed by atoms with Crippen molar-refractivity contribution in [3.05, 3.63) is 65.5 Å². The van der Waals surface area contributed by atoms with E-state index in [-0.39, 0.29) is 35.5 Å². The molecule has 1 aliphatic heterocycles. The Hall–Kier alpha value is -3.89. The van der Waals surface area contributed by atoms with Crippen molar-refractivity contribution in [2.24, 2.45) is 11.3 Å². The molecule has 36 heavy (non-hydrogen) atoms. The molecule has 5 rings (SSSR count). The van der Waals surface area contributed by atoms with E-state index in [2.05, 4.69) is 25.4 Å². The van der Waals surface area contributed by atoms with Crippen molar-refractivity contribution in [3.8, 4) is 0 Å². The Kier molecular flexibility index (Phi) is 6.38. The lowest BCUT2D eigenvalue weighted by Crippen LogP contribution is -2.36. The number of esters is 1. The summed E-state index contributed by atoms with van der Waals surface area (Å²) in [6, 6.07) is 7.02. The van der Waals surface area contributed by atoms with Gasteiger partial charge in [-0.3, -0.25) is 9.59 Å². The first-order chi connectivity index (χ1) is 17.4. The summed E-state index contributed by atoms with van der Waals surface area (Å²) >= 11 is 0. The van der Waals surface area contributed by atoms with Crippen molar-refractivity contribution in [1.29, 1.82) is 0 Å². The van der Waals surface area contributed by atoms with Gasteiger partial charge in [0.25, 0.3) is 0 Å². The second-order valence-electron chi connectivity index (χ2n) is 9.14. The van der Waals surface area contributed by atoms with Crippen LogP contribution in [-0.2, 0) is 16.0 Å². The highest BCUT2D eigenvalue weighted by Gasteiger charge is 2.59. The lowest BCUT2D eigenvalue weighted by Gasteiger charge is -2.33. The standard InChI is InChI=1S/C25H25F2N5O4/c1-2-35-24(34)17-13-25(17)7-9-32(10-8-25)20-6-4-16(14-28-20)29-22(33)23-31-30-21(36-23)12-15-3-5-18(26)19(27)11-15/h3-6,11,14,17H,2,7-10,12-13H2,1H3,(H,29,33). The van der Waals surface area contributed by atoms with Gasteiger partial charge in [0.2, 0.25) is 5.89 Å². The molecule has 2 aliphatic rings. The van der Waals surface area contributed by atoms with Crippen molar-refractivity contribution >= 4 is 23.4 Å². The number of rotatable bonds is 7. The van der Waals surface area contributed by atoms with Gasteiger partial charge in [0, 0.05) is 13.1 Å². The molecule has 1 aliphatic carbocycles. The van der Waals surface area contributed by atoms with E-state index < -0.39 is 17.5 Å². The molecule has 188 valence electrons. The number of benzene rings is 1. The van der Waals surface area contributed by atoms with E-state index in [0.717, 1.165) is 50.3 Å². The molecule has 9 nitrogen and oxygen atoms in total. The lowest BCUT2D eigenvalue weighted by molar-refractivity contribution is -0.145. The maximum atomic E-state index is 13.4. The Bertz CT molecular complexity index is 1270. The second kappa shape index (κ2) is 9.63. The van der Waals surface area contributed by atoms with Gasteiger partial charge in [0.15, 0.2) is 11.6 Å². The van der Waals surface area contributed by atoms with E-state index in [9.17, 15) is 18.4 Å². The molecule has 0 bridgehead atoms. The molecule has 1 unspecified atom stereocenters. The molecule has 3 heterocycles. The minimum Gasteiger partial charge on any atom is -0.466 e. The molecule has 2 aromatic heterocycles. The number of carbonyl (C=O) groups is 2. The second-order valence-corrected chi connectivity index (χ2v) is 9.14. The van der Waals surface area contributed by atoms with Crippen molar-refractivity contribution < 1.29 is 27.5 Å². The fourth-order valence-corrected chi connectivity index (χ4v) is 4.73. The molecule has 1 saturated carbocycles. The van der Waals surface area contributed by atoms with Gasteiger partial charge in [-0.2, -0.15) is 0 Å². The summed E-state index contributed by atoms with van der Waals surface area (Å²) in [7, 11) is 0. The normalized spacial score (nSPS) is 18.2. The maximum absolute atomic E-state index is 13.4. The molecular weight excluding hydrogens is 472 g/mol. The van der Waals surface area contributed by atoms with Crippen LogP contribution in [0.25, 0.3) is 0 Å². The van der Waals surface area contributed by atoms with Crippen molar-refractivity contribution in [1.82, 2.24) is 15.2 Å². The number of ether oxygens (including phenoxy) is 1. The first-order valence-electron chi connectivity index (χ1n) is 11.8. The van der Waals surface area contributed by atoms with E-state index in [1.54, 1.807) is 12.3 Å². The molecule has 1 N–H and O–H groups in total. The predicted octanol–water partition coefficient (Wildman–Crippen LogP) is 3.76. The number of pyridine rings is 1. The largest absolute Gasteiger partial charge is 0.466 e. The highest BCUT2D eigenvalue weighted by molar-refractivity contribution is 6.00. The Morgan fingerprint density at radius 3 is 2.67 bits per heavy atom. The predicted molar refractivity (Wildman–Crippen MR) is 124 cm³/mol. The van der Waals surface area contributed by atoms with Crippen molar-refractivity contribution in [2.45, 2.75) is 32.6 Å². The Morgan fingerprint density at radius 2 is 1.97 bits per heavy atom. The van der Waals surface area contributed by atoms with E-state index in [4.69, 9.17) is 9.15 Å². The average Bonchev–Trinajstić information content (AvgIpc) is 3.36. The van der Waals surface area contributed by atoms with Crippen LogP contribution in [0.4, 0.5) is 20.3 Å². The fraction of sp³-hybridized carbons (Fsp3) is 0.400. The molecule has 1 spiro atoms. The quantitative estimate of drug-likeness (QED) is 0.492. The summed E-state index contributed by atoms with van der Waals surface area (Å²) in [4.78, 5) is 31.2. The zero-order chi connectivity index (χ0) is 25.3. The van der Waals surface area contributed by atoms with Crippen LogP contribution in [0.3, 0.4) is 0 Å². The molecule has 1 saturated heterocycles. The number of carbonyl (C=O) groups excluding carboxylic acids is 2. The topological polar surface area (TPSA) is 110 Å². The Labute approximate surface area is 205 Å². The molecule has 0 radical (unpaired) electrons. The molecule has 1 amide bonds. The zero-order valence-corrected chi connectivity index (χ0v) is 19.7. The smallest absolute Gasteiger partial charge is 0.313 e. The molecule has 2 fully saturated rings. The monoisotopic (exact) mass is 497 g/mol. The summed E-state index contributed by atoms with van der Waals surface area (Å²) in [6.07, 6.45) is 4.35. The van der Waals surface area contributed by atoms with Crippen LogP contribution in [0.2, 0.25) is 0 Å². The molecule has 3 aromatic rings. The third-order valence-corrected chi connectivity index (χ3v) is 6.85. The average molecular weight is 498 g/mol. The molecular formula is C25H25F2N5O4. The third kappa shape index (κ3) is 4.91. The first kappa shape index (κ1) is 23.8. The van der Waals surface area contributed by atoms with Gasteiger partial charge in [-0.25, -0.2) is 13.8 Å². The number of aromatic nitrogens is 3. The van der Waals surface area contributed by atoms with E-state index in [1.165, 1.54) is 6.07 Å². The number of amides is 1. The summed E-state index contributed by atoms with van der Waals surface area (Å²) in [5.74, 6) is -1.94. The first-order valence-corrected chi connectivity index (χ1v) is 11.8. The van der Waals surface area contributed by atoms with Crippen LogP contribution in [0.15, 0.2) is 40.9 Å². The van der Waals surface area contributed by atoms with E-state index in [0.29, 0.717) is 17.9 Å². The van der Waals surface area contributed by atoms with Gasteiger partial charge in [-0.1, -0.05) is 6.07 Å². The van der Waals surface area contributed by atoms with E-state index >= 15 is 0 Å². The number of piperidine rings is 1.